The number of benzene rings is 1. The molecule has 1 fully saturated rings. The van der Waals surface area contributed by atoms with Crippen molar-refractivity contribution in [1.29, 1.82) is 0 Å². The molecule has 7 nitrogen and oxygen atoms in total. The standard InChI is InChI=1S/C14H17NO6/c1-14(2,13-19-7-8-20-13)9-21-12(16)10-3-5-11(6-4-10)15(17)18/h3-6,13H,7-9H2,1-2H3. The van der Waals surface area contributed by atoms with Gasteiger partial charge in [-0.15, -0.1) is 0 Å². The summed E-state index contributed by atoms with van der Waals surface area (Å²) >= 11 is 0. The molecule has 1 aliphatic rings. The van der Waals surface area contributed by atoms with Crippen LogP contribution in [0, 0.1) is 15.5 Å². The molecule has 0 saturated carbocycles. The molecular weight excluding hydrogens is 278 g/mol. The predicted molar refractivity (Wildman–Crippen MR) is 72.9 cm³/mol. The second-order valence-corrected chi connectivity index (χ2v) is 5.44. The quantitative estimate of drug-likeness (QED) is 0.470. The van der Waals surface area contributed by atoms with Gasteiger partial charge in [0.1, 0.15) is 6.61 Å². The van der Waals surface area contributed by atoms with Crippen molar-refractivity contribution in [2.45, 2.75) is 20.1 Å². The molecule has 1 saturated heterocycles. The first-order valence-corrected chi connectivity index (χ1v) is 6.55. The molecule has 0 spiro atoms. The van der Waals surface area contributed by atoms with E-state index in [4.69, 9.17) is 14.2 Å². The van der Waals surface area contributed by atoms with Crippen molar-refractivity contribution in [3.8, 4) is 0 Å². The molecule has 0 N–H and O–H groups in total. The summed E-state index contributed by atoms with van der Waals surface area (Å²) in [7, 11) is 0. The maximum absolute atomic E-state index is 11.9. The Bertz CT molecular complexity index is 519. The summed E-state index contributed by atoms with van der Waals surface area (Å²) in [6.45, 7) is 4.96. The average Bonchev–Trinajstić information content (AvgIpc) is 3.00. The summed E-state index contributed by atoms with van der Waals surface area (Å²) in [6, 6.07) is 5.28. The van der Waals surface area contributed by atoms with Gasteiger partial charge >= 0.3 is 5.97 Å². The van der Waals surface area contributed by atoms with E-state index in [0.717, 1.165) is 0 Å². The second-order valence-electron chi connectivity index (χ2n) is 5.44. The van der Waals surface area contributed by atoms with Crippen LogP contribution in [0.3, 0.4) is 0 Å². The van der Waals surface area contributed by atoms with Gasteiger partial charge in [-0.05, 0) is 12.1 Å². The van der Waals surface area contributed by atoms with Crippen LogP contribution >= 0.6 is 0 Å². The molecule has 0 aliphatic carbocycles. The lowest BCUT2D eigenvalue weighted by atomic mass is 9.94. The number of rotatable bonds is 5. The summed E-state index contributed by atoms with van der Waals surface area (Å²) < 4.78 is 16.1. The van der Waals surface area contributed by atoms with E-state index in [1.807, 2.05) is 13.8 Å². The third kappa shape index (κ3) is 3.77. The van der Waals surface area contributed by atoms with Crippen molar-refractivity contribution >= 4 is 11.7 Å². The Balaban J connectivity index is 1.93. The molecule has 0 atom stereocenters. The largest absolute Gasteiger partial charge is 0.461 e. The lowest BCUT2D eigenvalue weighted by Crippen LogP contribution is -2.35. The normalized spacial score (nSPS) is 15.9. The lowest BCUT2D eigenvalue weighted by molar-refractivity contribution is -0.384. The number of hydrogen-bond acceptors (Lipinski definition) is 6. The van der Waals surface area contributed by atoms with Gasteiger partial charge in [0, 0.05) is 17.5 Å². The minimum absolute atomic E-state index is 0.0698. The first kappa shape index (κ1) is 15.4. The fourth-order valence-corrected chi connectivity index (χ4v) is 1.93. The van der Waals surface area contributed by atoms with Crippen LogP contribution in [-0.2, 0) is 14.2 Å². The number of esters is 1. The van der Waals surface area contributed by atoms with Crippen LogP contribution in [0.5, 0.6) is 0 Å². The number of nitro benzene ring substituents is 1. The SMILES string of the molecule is CC(C)(COC(=O)c1ccc([N+](=O)[O-])cc1)C1OCCO1. The summed E-state index contributed by atoms with van der Waals surface area (Å²) in [5, 5.41) is 10.5. The van der Waals surface area contributed by atoms with Crippen molar-refractivity contribution in [2.75, 3.05) is 19.8 Å². The highest BCUT2D eigenvalue weighted by molar-refractivity contribution is 5.89. The van der Waals surface area contributed by atoms with E-state index in [2.05, 4.69) is 0 Å². The molecule has 1 aromatic carbocycles. The number of nitrogens with zero attached hydrogens (tertiary/aromatic N) is 1. The molecule has 1 heterocycles. The Morgan fingerprint density at radius 2 is 1.90 bits per heavy atom. The first-order chi connectivity index (χ1) is 9.90. The Labute approximate surface area is 122 Å². The molecule has 2 rings (SSSR count). The molecule has 0 unspecified atom stereocenters. The Kier molecular flexibility index (Phi) is 4.54. The van der Waals surface area contributed by atoms with Gasteiger partial charge in [-0.25, -0.2) is 4.79 Å². The molecule has 0 aromatic heterocycles. The minimum Gasteiger partial charge on any atom is -0.461 e. The minimum atomic E-state index is -0.532. The highest BCUT2D eigenvalue weighted by atomic mass is 16.7. The number of hydrogen-bond donors (Lipinski definition) is 0. The number of nitro groups is 1. The molecule has 0 bridgehead atoms. The van der Waals surface area contributed by atoms with Crippen molar-refractivity contribution < 1.29 is 23.9 Å². The molecule has 21 heavy (non-hydrogen) atoms. The molecule has 1 aromatic rings. The zero-order valence-corrected chi connectivity index (χ0v) is 11.9. The smallest absolute Gasteiger partial charge is 0.338 e. The molecule has 7 heteroatoms. The van der Waals surface area contributed by atoms with Gasteiger partial charge in [-0.3, -0.25) is 10.1 Å². The van der Waals surface area contributed by atoms with Gasteiger partial charge in [-0.2, -0.15) is 0 Å². The highest BCUT2D eigenvalue weighted by Gasteiger charge is 2.35. The van der Waals surface area contributed by atoms with Crippen LogP contribution in [0.25, 0.3) is 0 Å². The van der Waals surface area contributed by atoms with Crippen LogP contribution in [0.2, 0.25) is 0 Å². The van der Waals surface area contributed by atoms with E-state index in [-0.39, 0.29) is 17.9 Å². The van der Waals surface area contributed by atoms with Gasteiger partial charge in [0.2, 0.25) is 0 Å². The van der Waals surface area contributed by atoms with E-state index in [0.29, 0.717) is 13.2 Å². The summed E-state index contributed by atoms with van der Waals surface area (Å²) in [5.41, 5.74) is -0.267. The molecule has 114 valence electrons. The molecular formula is C14H17NO6. The van der Waals surface area contributed by atoms with E-state index < -0.39 is 22.6 Å². The Morgan fingerprint density at radius 1 is 1.33 bits per heavy atom. The van der Waals surface area contributed by atoms with E-state index in [1.54, 1.807) is 0 Å². The topological polar surface area (TPSA) is 87.9 Å². The third-order valence-corrected chi connectivity index (χ3v) is 3.15. The van der Waals surface area contributed by atoms with Gasteiger partial charge < -0.3 is 14.2 Å². The summed E-state index contributed by atoms with van der Waals surface area (Å²) in [5.74, 6) is -0.532. The Hall–Kier alpha value is -1.99. The second kappa shape index (κ2) is 6.19. The molecule has 1 aliphatic heterocycles. The van der Waals surface area contributed by atoms with Crippen LogP contribution in [0.15, 0.2) is 24.3 Å². The maximum atomic E-state index is 11.9. The number of ether oxygens (including phenoxy) is 3. The van der Waals surface area contributed by atoms with Crippen molar-refractivity contribution in [1.82, 2.24) is 0 Å². The van der Waals surface area contributed by atoms with Crippen LogP contribution in [0.1, 0.15) is 24.2 Å². The zero-order valence-electron chi connectivity index (χ0n) is 11.9. The van der Waals surface area contributed by atoms with E-state index in [9.17, 15) is 14.9 Å². The summed E-state index contributed by atoms with van der Waals surface area (Å²) in [6.07, 6.45) is -0.401. The fraction of sp³-hybridized carbons (Fsp3) is 0.500. The van der Waals surface area contributed by atoms with E-state index >= 15 is 0 Å². The average molecular weight is 295 g/mol. The predicted octanol–water partition coefficient (Wildman–Crippen LogP) is 2.15. The zero-order chi connectivity index (χ0) is 15.5. The number of non-ortho nitro benzene ring substituents is 1. The lowest BCUT2D eigenvalue weighted by Gasteiger charge is -2.28. The maximum Gasteiger partial charge on any atom is 0.338 e. The van der Waals surface area contributed by atoms with Crippen molar-refractivity contribution in [3.63, 3.8) is 0 Å². The monoisotopic (exact) mass is 295 g/mol. The van der Waals surface area contributed by atoms with E-state index in [1.165, 1.54) is 24.3 Å². The van der Waals surface area contributed by atoms with Crippen molar-refractivity contribution in [3.05, 3.63) is 39.9 Å². The fourth-order valence-electron chi connectivity index (χ4n) is 1.93. The number of carbonyl (C=O) groups excluding carboxylic acids is 1. The first-order valence-electron chi connectivity index (χ1n) is 6.55. The van der Waals surface area contributed by atoms with Crippen LogP contribution in [0.4, 0.5) is 5.69 Å². The van der Waals surface area contributed by atoms with Gasteiger partial charge in [-0.1, -0.05) is 13.8 Å². The van der Waals surface area contributed by atoms with Crippen LogP contribution in [-0.4, -0.2) is 37.0 Å². The third-order valence-electron chi connectivity index (χ3n) is 3.15. The highest BCUT2D eigenvalue weighted by Crippen LogP contribution is 2.28. The van der Waals surface area contributed by atoms with Crippen molar-refractivity contribution in [2.24, 2.45) is 5.41 Å². The van der Waals surface area contributed by atoms with Gasteiger partial charge in [0.25, 0.3) is 5.69 Å². The van der Waals surface area contributed by atoms with Crippen LogP contribution < -0.4 is 0 Å². The van der Waals surface area contributed by atoms with Gasteiger partial charge in [0.05, 0.1) is 23.7 Å². The summed E-state index contributed by atoms with van der Waals surface area (Å²) in [4.78, 5) is 21.9. The Morgan fingerprint density at radius 3 is 2.43 bits per heavy atom. The molecule has 0 radical (unpaired) electrons. The number of carbonyl (C=O) groups is 1. The van der Waals surface area contributed by atoms with Gasteiger partial charge in [0.15, 0.2) is 6.29 Å². The molecule has 0 amide bonds.